The average Bonchev–Trinajstić information content (AvgIpc) is 3.50. The highest BCUT2D eigenvalue weighted by atomic mass is 32.1. The summed E-state index contributed by atoms with van der Waals surface area (Å²) in [4.78, 5) is 33.1. The minimum atomic E-state index is 0.116. The lowest BCUT2D eigenvalue weighted by Gasteiger charge is -2.42. The van der Waals surface area contributed by atoms with Crippen LogP contribution < -0.4 is 0 Å². The van der Waals surface area contributed by atoms with Gasteiger partial charge in [0.25, 0.3) is 0 Å². The summed E-state index contributed by atoms with van der Waals surface area (Å²) in [6, 6.07) is 2.66. The molecular formula is C22H33N3O2S. The zero-order valence-electron chi connectivity index (χ0n) is 17.2. The molecule has 5 nitrogen and oxygen atoms in total. The van der Waals surface area contributed by atoms with Crippen molar-refractivity contribution >= 4 is 23.2 Å². The molecule has 28 heavy (non-hydrogen) atoms. The number of amides is 2. The smallest absolute Gasteiger partial charge is 0.227 e. The normalized spacial score (nSPS) is 24.4. The summed E-state index contributed by atoms with van der Waals surface area (Å²) in [5, 5.41) is 2.10. The van der Waals surface area contributed by atoms with Crippen LogP contribution in [0.3, 0.4) is 0 Å². The Labute approximate surface area is 172 Å². The Hall–Kier alpha value is -1.40. The number of likely N-dealkylation sites (tertiary alicyclic amines) is 2. The first kappa shape index (κ1) is 19.9. The van der Waals surface area contributed by atoms with Crippen molar-refractivity contribution in [1.82, 2.24) is 14.7 Å². The number of carbonyl (C=O) groups is 2. The van der Waals surface area contributed by atoms with Gasteiger partial charge in [-0.05, 0) is 69.0 Å². The van der Waals surface area contributed by atoms with E-state index in [0.29, 0.717) is 23.8 Å². The number of hydrogen-bond donors (Lipinski definition) is 0. The third-order valence-electron chi connectivity index (χ3n) is 6.75. The molecule has 3 fully saturated rings. The van der Waals surface area contributed by atoms with Crippen LogP contribution >= 0.6 is 11.3 Å². The number of aryl methyl sites for hydroxylation is 1. The molecule has 0 bridgehead atoms. The average molecular weight is 404 g/mol. The highest BCUT2D eigenvalue weighted by molar-refractivity contribution is 7.10. The highest BCUT2D eigenvalue weighted by Crippen LogP contribution is 2.33. The molecule has 2 saturated heterocycles. The number of nitrogens with zero attached hydrogens (tertiary/aromatic N) is 3. The van der Waals surface area contributed by atoms with E-state index < -0.39 is 0 Å². The van der Waals surface area contributed by atoms with Crippen molar-refractivity contribution in [3.05, 3.63) is 21.9 Å². The molecule has 1 aliphatic carbocycles. The highest BCUT2D eigenvalue weighted by Gasteiger charge is 2.37. The number of thiophene rings is 1. The largest absolute Gasteiger partial charge is 0.342 e. The Bertz CT molecular complexity index is 706. The second kappa shape index (κ2) is 8.54. The van der Waals surface area contributed by atoms with Crippen LogP contribution in [0.1, 0.15) is 49.0 Å². The summed E-state index contributed by atoms with van der Waals surface area (Å²) in [6.45, 7) is 6.61. The standard InChI is InChI=1S/C22H33N3O2S/c1-16-9-13-28-20(16)15-23(2)21(26)18-4-3-10-25(14-18)19-7-11-24(12-8-19)22(27)17-5-6-17/h9,13,17-19H,3-8,10-12,14-15H2,1-2H3. The molecule has 2 aliphatic heterocycles. The van der Waals surface area contributed by atoms with Crippen molar-refractivity contribution in [3.63, 3.8) is 0 Å². The first-order valence-corrected chi connectivity index (χ1v) is 11.7. The Kier molecular flexibility index (Phi) is 6.07. The number of hydrogen-bond acceptors (Lipinski definition) is 4. The third-order valence-corrected chi connectivity index (χ3v) is 7.75. The summed E-state index contributed by atoms with van der Waals surface area (Å²) in [6.07, 6.45) is 6.40. The topological polar surface area (TPSA) is 43.9 Å². The molecule has 0 radical (unpaired) electrons. The molecule has 154 valence electrons. The zero-order valence-corrected chi connectivity index (χ0v) is 18.0. The molecule has 0 N–H and O–H groups in total. The lowest BCUT2D eigenvalue weighted by molar-refractivity contribution is -0.137. The van der Waals surface area contributed by atoms with Gasteiger partial charge in [-0.15, -0.1) is 11.3 Å². The van der Waals surface area contributed by atoms with Gasteiger partial charge in [0.2, 0.25) is 11.8 Å². The summed E-state index contributed by atoms with van der Waals surface area (Å²) < 4.78 is 0. The molecule has 3 aliphatic rings. The van der Waals surface area contributed by atoms with Crippen molar-refractivity contribution in [1.29, 1.82) is 0 Å². The van der Waals surface area contributed by atoms with E-state index in [1.54, 1.807) is 11.3 Å². The van der Waals surface area contributed by atoms with Crippen molar-refractivity contribution in [2.24, 2.45) is 11.8 Å². The summed E-state index contributed by atoms with van der Waals surface area (Å²) >= 11 is 1.74. The summed E-state index contributed by atoms with van der Waals surface area (Å²) in [7, 11) is 1.95. The minimum absolute atomic E-state index is 0.116. The van der Waals surface area contributed by atoms with Crippen molar-refractivity contribution in [3.8, 4) is 0 Å². The molecule has 1 aromatic heterocycles. The van der Waals surface area contributed by atoms with Gasteiger partial charge in [-0.3, -0.25) is 14.5 Å². The Morgan fingerprint density at radius 2 is 1.86 bits per heavy atom. The lowest BCUT2D eigenvalue weighted by atomic mass is 9.92. The van der Waals surface area contributed by atoms with Crippen molar-refractivity contribution in [2.75, 3.05) is 33.2 Å². The molecule has 0 spiro atoms. The van der Waals surface area contributed by atoms with Crippen molar-refractivity contribution in [2.45, 2.75) is 58.0 Å². The van der Waals surface area contributed by atoms with Crippen LogP contribution in [0.25, 0.3) is 0 Å². The van der Waals surface area contributed by atoms with E-state index in [2.05, 4.69) is 28.2 Å². The summed E-state index contributed by atoms with van der Waals surface area (Å²) in [5.41, 5.74) is 1.28. The van der Waals surface area contributed by atoms with Gasteiger partial charge in [0.05, 0.1) is 12.5 Å². The van der Waals surface area contributed by atoms with Crippen LogP contribution in [0, 0.1) is 18.8 Å². The molecule has 4 rings (SSSR count). The number of carbonyl (C=O) groups excluding carboxylic acids is 2. The van der Waals surface area contributed by atoms with E-state index in [9.17, 15) is 9.59 Å². The van der Waals surface area contributed by atoms with Crippen LogP contribution in [0.15, 0.2) is 11.4 Å². The van der Waals surface area contributed by atoms with Crippen molar-refractivity contribution < 1.29 is 9.59 Å². The maximum atomic E-state index is 13.0. The van der Waals surface area contributed by atoms with Gasteiger partial charge in [-0.25, -0.2) is 0 Å². The van der Waals surface area contributed by atoms with Gasteiger partial charge < -0.3 is 9.80 Å². The maximum Gasteiger partial charge on any atom is 0.227 e. The molecule has 2 amide bonds. The molecule has 1 aromatic rings. The number of piperidine rings is 2. The van der Waals surface area contributed by atoms with Gasteiger partial charge in [0.1, 0.15) is 0 Å². The molecule has 3 heterocycles. The van der Waals surface area contributed by atoms with Gasteiger partial charge >= 0.3 is 0 Å². The molecular weight excluding hydrogens is 370 g/mol. The third kappa shape index (κ3) is 4.43. The Morgan fingerprint density at radius 1 is 1.11 bits per heavy atom. The predicted octanol–water partition coefficient (Wildman–Crippen LogP) is 3.13. The van der Waals surface area contributed by atoms with Gasteiger partial charge in [0.15, 0.2) is 0 Å². The Balaban J connectivity index is 1.28. The second-order valence-corrected chi connectivity index (χ2v) is 9.89. The first-order valence-electron chi connectivity index (χ1n) is 10.8. The SMILES string of the molecule is Cc1ccsc1CN(C)C(=O)C1CCCN(C2CCN(C(=O)C3CC3)CC2)C1. The van der Waals surface area contributed by atoms with Crippen LogP contribution in [0.5, 0.6) is 0 Å². The zero-order chi connectivity index (χ0) is 19.7. The predicted molar refractivity (Wildman–Crippen MR) is 112 cm³/mol. The van der Waals surface area contributed by atoms with Gasteiger partial charge in [0, 0.05) is 43.5 Å². The monoisotopic (exact) mass is 403 g/mol. The fraction of sp³-hybridized carbons (Fsp3) is 0.727. The van der Waals surface area contributed by atoms with Crippen LogP contribution in [-0.2, 0) is 16.1 Å². The fourth-order valence-electron chi connectivity index (χ4n) is 4.75. The maximum absolute atomic E-state index is 13.0. The Morgan fingerprint density at radius 3 is 2.50 bits per heavy atom. The molecule has 1 saturated carbocycles. The van der Waals surface area contributed by atoms with E-state index in [-0.39, 0.29) is 5.92 Å². The molecule has 1 unspecified atom stereocenters. The summed E-state index contributed by atoms with van der Waals surface area (Å²) in [5.74, 6) is 1.12. The number of rotatable bonds is 5. The van der Waals surface area contributed by atoms with Crippen LogP contribution in [-0.4, -0.2) is 65.8 Å². The quantitative estimate of drug-likeness (QED) is 0.759. The minimum Gasteiger partial charge on any atom is -0.342 e. The van der Waals surface area contributed by atoms with E-state index >= 15 is 0 Å². The van der Waals surface area contributed by atoms with E-state index in [1.165, 1.54) is 10.4 Å². The van der Waals surface area contributed by atoms with Gasteiger partial charge in [-0.1, -0.05) is 0 Å². The molecule has 1 atom stereocenters. The fourth-order valence-corrected chi connectivity index (χ4v) is 5.71. The van der Waals surface area contributed by atoms with Crippen LogP contribution in [0.4, 0.5) is 0 Å². The molecule has 0 aromatic carbocycles. The van der Waals surface area contributed by atoms with E-state index in [0.717, 1.165) is 71.2 Å². The van der Waals surface area contributed by atoms with Crippen LogP contribution in [0.2, 0.25) is 0 Å². The lowest BCUT2D eigenvalue weighted by Crippen LogP contribution is -2.51. The van der Waals surface area contributed by atoms with E-state index in [4.69, 9.17) is 0 Å². The van der Waals surface area contributed by atoms with E-state index in [1.807, 2.05) is 11.9 Å². The second-order valence-electron chi connectivity index (χ2n) is 8.89. The van der Waals surface area contributed by atoms with Gasteiger partial charge in [-0.2, -0.15) is 0 Å². The molecule has 6 heteroatoms. The first-order chi connectivity index (χ1) is 13.5.